The summed E-state index contributed by atoms with van der Waals surface area (Å²) in [4.78, 5) is 12.2. The van der Waals surface area contributed by atoms with Gasteiger partial charge < -0.3 is 14.6 Å². The molecule has 0 aromatic heterocycles. The second kappa shape index (κ2) is 40.5. The number of carbonyl (C=O) groups is 1. The average Bonchev–Trinajstić information content (AvgIpc) is 3.08. The Morgan fingerprint density at radius 1 is 0.532 bits per heavy atom. The molecule has 0 saturated heterocycles. The Labute approximate surface area is 292 Å². The molecule has 1 unspecified atom stereocenters. The molecule has 4 nitrogen and oxygen atoms in total. The number of unbranched alkanes of at least 4 members (excludes halogenated alkanes) is 21. The van der Waals surface area contributed by atoms with Gasteiger partial charge >= 0.3 is 5.97 Å². The lowest BCUT2D eigenvalue weighted by atomic mass is 10.0. The van der Waals surface area contributed by atoms with Crippen molar-refractivity contribution in [3.63, 3.8) is 0 Å². The summed E-state index contributed by atoms with van der Waals surface area (Å²) in [6.45, 7) is 5.18. The molecular weight excluding hydrogens is 580 g/mol. The van der Waals surface area contributed by atoms with Crippen molar-refractivity contribution in [2.45, 2.75) is 200 Å². The average molecular weight is 659 g/mol. The van der Waals surface area contributed by atoms with E-state index >= 15 is 0 Å². The SMILES string of the molecule is CC/C=C\C/C=C\C/C=C\C/C=C\CCCCCOCC(CO)OC(=O)CCCCCCCCCCCCCCCCCCCCC. The molecule has 274 valence electrons. The van der Waals surface area contributed by atoms with Crippen molar-refractivity contribution < 1.29 is 19.4 Å². The standard InChI is InChI=1S/C43H78O4/c1-3-5-7-9-11-13-15-17-19-21-22-23-24-26-28-30-32-34-36-38-43(45)47-42(40-44)41-46-39-37-35-33-31-29-27-25-20-18-16-14-12-10-8-6-4-2/h6,8,12,14,18,20,27,29,42,44H,3-5,7,9-11,13,15-17,19,21-26,28,30-41H2,1-2H3/b8-6-,14-12-,20-18-,29-27-. The van der Waals surface area contributed by atoms with Gasteiger partial charge in [0, 0.05) is 13.0 Å². The van der Waals surface area contributed by atoms with Crippen molar-refractivity contribution in [2.75, 3.05) is 19.8 Å². The van der Waals surface area contributed by atoms with Crippen LogP contribution < -0.4 is 0 Å². The first-order valence-electron chi connectivity index (χ1n) is 20.2. The maximum atomic E-state index is 12.2. The fourth-order valence-electron chi connectivity index (χ4n) is 5.67. The van der Waals surface area contributed by atoms with Crippen molar-refractivity contribution >= 4 is 5.97 Å². The van der Waals surface area contributed by atoms with E-state index in [0.717, 1.165) is 64.2 Å². The molecule has 0 bridgehead atoms. The number of carbonyl (C=O) groups excluding carboxylic acids is 1. The van der Waals surface area contributed by atoms with Crippen LogP contribution in [0.15, 0.2) is 48.6 Å². The summed E-state index contributed by atoms with van der Waals surface area (Å²) in [6.07, 6.45) is 51.7. The molecule has 0 fully saturated rings. The van der Waals surface area contributed by atoms with Crippen LogP contribution in [-0.4, -0.2) is 37.0 Å². The highest BCUT2D eigenvalue weighted by molar-refractivity contribution is 5.69. The number of rotatable bonds is 37. The zero-order chi connectivity index (χ0) is 34.1. The largest absolute Gasteiger partial charge is 0.457 e. The summed E-state index contributed by atoms with van der Waals surface area (Å²) < 4.78 is 11.1. The molecule has 0 aromatic carbocycles. The smallest absolute Gasteiger partial charge is 0.306 e. The van der Waals surface area contributed by atoms with E-state index in [1.54, 1.807) is 0 Å². The van der Waals surface area contributed by atoms with Crippen molar-refractivity contribution in [1.29, 1.82) is 0 Å². The number of hydrogen-bond acceptors (Lipinski definition) is 4. The van der Waals surface area contributed by atoms with E-state index in [0.29, 0.717) is 13.0 Å². The zero-order valence-corrected chi connectivity index (χ0v) is 31.3. The lowest BCUT2D eigenvalue weighted by Gasteiger charge is -2.15. The molecule has 4 heteroatoms. The molecule has 0 aliphatic rings. The number of hydrogen-bond donors (Lipinski definition) is 1. The summed E-state index contributed by atoms with van der Waals surface area (Å²) in [5.74, 6) is -0.211. The third-order valence-electron chi connectivity index (χ3n) is 8.67. The van der Waals surface area contributed by atoms with Crippen LogP contribution in [0.3, 0.4) is 0 Å². The van der Waals surface area contributed by atoms with Crippen LogP contribution in [-0.2, 0) is 14.3 Å². The van der Waals surface area contributed by atoms with E-state index in [2.05, 4.69) is 62.5 Å². The topological polar surface area (TPSA) is 55.8 Å². The Morgan fingerprint density at radius 3 is 1.43 bits per heavy atom. The minimum Gasteiger partial charge on any atom is -0.457 e. The Morgan fingerprint density at radius 2 is 0.957 bits per heavy atom. The Balaban J connectivity index is 3.46. The van der Waals surface area contributed by atoms with Crippen LogP contribution in [0.4, 0.5) is 0 Å². The van der Waals surface area contributed by atoms with Crippen LogP contribution in [0, 0.1) is 0 Å². The minimum atomic E-state index is -0.549. The first kappa shape index (κ1) is 45.3. The van der Waals surface area contributed by atoms with Gasteiger partial charge in [-0.3, -0.25) is 4.79 Å². The Kier molecular flexibility index (Phi) is 39.1. The molecule has 0 radical (unpaired) electrons. The quantitative estimate of drug-likeness (QED) is 0.0410. The molecule has 0 aromatic rings. The second-order valence-corrected chi connectivity index (χ2v) is 13.3. The summed E-state index contributed by atoms with van der Waals surface area (Å²) >= 11 is 0. The second-order valence-electron chi connectivity index (χ2n) is 13.3. The van der Waals surface area contributed by atoms with Crippen molar-refractivity contribution in [3.05, 3.63) is 48.6 Å². The normalized spacial score (nSPS) is 12.8. The Hall–Kier alpha value is -1.65. The third-order valence-corrected chi connectivity index (χ3v) is 8.67. The highest BCUT2D eigenvalue weighted by Gasteiger charge is 2.13. The van der Waals surface area contributed by atoms with Gasteiger partial charge in [-0.1, -0.05) is 184 Å². The van der Waals surface area contributed by atoms with Crippen LogP contribution >= 0.6 is 0 Å². The number of aliphatic hydroxyl groups excluding tert-OH is 1. The predicted octanol–water partition coefficient (Wildman–Crippen LogP) is 13.1. The van der Waals surface area contributed by atoms with E-state index in [4.69, 9.17) is 9.47 Å². The number of esters is 1. The van der Waals surface area contributed by atoms with Gasteiger partial charge in [-0.15, -0.1) is 0 Å². The molecule has 0 amide bonds. The van der Waals surface area contributed by atoms with E-state index in [1.807, 2.05) is 0 Å². The van der Waals surface area contributed by atoms with Gasteiger partial charge in [0.2, 0.25) is 0 Å². The highest BCUT2D eigenvalue weighted by atomic mass is 16.6. The van der Waals surface area contributed by atoms with Crippen LogP contribution in [0.1, 0.15) is 194 Å². The summed E-state index contributed by atoms with van der Waals surface area (Å²) in [6, 6.07) is 0. The maximum absolute atomic E-state index is 12.2. The molecular formula is C43H78O4. The van der Waals surface area contributed by atoms with Gasteiger partial charge in [-0.05, 0) is 51.4 Å². The van der Waals surface area contributed by atoms with Gasteiger partial charge in [0.15, 0.2) is 0 Å². The molecule has 0 spiro atoms. The lowest BCUT2D eigenvalue weighted by molar-refractivity contribution is -0.154. The molecule has 1 atom stereocenters. The van der Waals surface area contributed by atoms with Crippen molar-refractivity contribution in [3.8, 4) is 0 Å². The van der Waals surface area contributed by atoms with Gasteiger partial charge in [-0.2, -0.15) is 0 Å². The molecule has 0 rings (SSSR count). The van der Waals surface area contributed by atoms with Crippen LogP contribution in [0.25, 0.3) is 0 Å². The maximum Gasteiger partial charge on any atom is 0.306 e. The summed E-state index contributed by atoms with van der Waals surface area (Å²) in [5.41, 5.74) is 0. The van der Waals surface area contributed by atoms with Gasteiger partial charge in [0.05, 0.1) is 13.2 Å². The number of aliphatic hydroxyl groups is 1. The summed E-state index contributed by atoms with van der Waals surface area (Å²) in [5, 5.41) is 9.58. The van der Waals surface area contributed by atoms with E-state index in [9.17, 15) is 9.90 Å². The molecule has 1 N–H and O–H groups in total. The first-order chi connectivity index (χ1) is 23.2. The molecule has 0 heterocycles. The fraction of sp³-hybridized carbons (Fsp3) is 0.791. The van der Waals surface area contributed by atoms with Crippen molar-refractivity contribution in [2.24, 2.45) is 0 Å². The molecule has 47 heavy (non-hydrogen) atoms. The van der Waals surface area contributed by atoms with E-state index in [1.165, 1.54) is 109 Å². The van der Waals surface area contributed by atoms with E-state index < -0.39 is 6.10 Å². The third kappa shape index (κ3) is 38.7. The summed E-state index contributed by atoms with van der Waals surface area (Å²) in [7, 11) is 0. The molecule has 0 saturated carbocycles. The van der Waals surface area contributed by atoms with Gasteiger partial charge in [-0.25, -0.2) is 0 Å². The zero-order valence-electron chi connectivity index (χ0n) is 31.3. The monoisotopic (exact) mass is 659 g/mol. The van der Waals surface area contributed by atoms with Crippen LogP contribution in [0.5, 0.6) is 0 Å². The number of allylic oxidation sites excluding steroid dienone is 8. The minimum absolute atomic E-state index is 0.184. The highest BCUT2D eigenvalue weighted by Crippen LogP contribution is 2.15. The first-order valence-corrected chi connectivity index (χ1v) is 20.2. The van der Waals surface area contributed by atoms with E-state index in [-0.39, 0.29) is 19.2 Å². The van der Waals surface area contributed by atoms with Gasteiger partial charge in [0.1, 0.15) is 6.10 Å². The van der Waals surface area contributed by atoms with Crippen LogP contribution in [0.2, 0.25) is 0 Å². The number of ether oxygens (including phenoxy) is 2. The Bertz CT molecular complexity index is 738. The fourth-order valence-corrected chi connectivity index (χ4v) is 5.67. The molecule has 0 aliphatic heterocycles. The van der Waals surface area contributed by atoms with Crippen molar-refractivity contribution in [1.82, 2.24) is 0 Å². The lowest BCUT2D eigenvalue weighted by Crippen LogP contribution is -2.27. The predicted molar refractivity (Wildman–Crippen MR) is 205 cm³/mol. The molecule has 0 aliphatic carbocycles. The van der Waals surface area contributed by atoms with Gasteiger partial charge in [0.25, 0.3) is 0 Å².